The Bertz CT molecular complexity index is 1950. The maximum absolute atomic E-state index is 6.25. The first-order valence-corrected chi connectivity index (χ1v) is 30.2. The highest BCUT2D eigenvalue weighted by Gasteiger charge is 2.41. The second-order valence-electron chi connectivity index (χ2n) is 12.8. The molecule has 4 aromatic carbocycles. The van der Waals surface area contributed by atoms with Gasteiger partial charge in [0, 0.05) is 72.6 Å². The Kier molecular flexibility index (Phi) is 18.1. The zero-order valence-electron chi connectivity index (χ0n) is 33.9. The number of nitrogens with zero attached hydrogens (tertiary/aromatic N) is 2. The zero-order valence-corrected chi connectivity index (χ0v) is 40.8. The molecule has 58 heavy (non-hydrogen) atoms. The first-order chi connectivity index (χ1) is 28.4. The molecule has 0 fully saturated rings. The molecule has 0 saturated heterocycles. The van der Waals surface area contributed by atoms with Crippen molar-refractivity contribution in [2.24, 2.45) is 0 Å². The first-order valence-electron chi connectivity index (χ1n) is 19.9. The van der Waals surface area contributed by atoms with E-state index < -0.39 is 17.6 Å². The van der Waals surface area contributed by atoms with Crippen molar-refractivity contribution in [3.05, 3.63) is 96.1 Å². The summed E-state index contributed by atoms with van der Waals surface area (Å²) in [4.78, 5) is 12.6. The molecule has 6 rings (SSSR count). The standard InChI is InChI=1S/C42H52N2O6S6Si2/c1-7-45-57(46-8-2,47-9-3)29-27-31-19-17-25-37(39(31)41-43-33-21-13-15-23-35(33)51-41)53-55-56-54-38-26-18-20-32(28-30-58(48-10-4,49-11-5)50-12-6)40(38)42-44-34-22-14-16-24-36(34)52-42/h13-26H,7-12,27-30H2,1-6H3. The molecule has 6 aromatic rings. The predicted octanol–water partition coefficient (Wildman–Crippen LogP) is 13.5. The average Bonchev–Trinajstić information content (AvgIpc) is 3.86. The highest BCUT2D eigenvalue weighted by molar-refractivity contribution is 9.26. The molecule has 0 aliphatic carbocycles. The van der Waals surface area contributed by atoms with Crippen LogP contribution in [0.3, 0.4) is 0 Å². The fraction of sp³-hybridized carbons (Fsp3) is 0.381. The lowest BCUT2D eigenvalue weighted by molar-refractivity contribution is 0.0706. The number of para-hydroxylation sites is 2. The normalized spacial score (nSPS) is 12.3. The number of hydrogen-bond acceptors (Lipinski definition) is 14. The predicted molar refractivity (Wildman–Crippen MR) is 255 cm³/mol. The number of fused-ring (bicyclic) bond motifs is 2. The van der Waals surface area contributed by atoms with Gasteiger partial charge in [-0.25, -0.2) is 9.97 Å². The molecule has 0 unspecified atom stereocenters. The summed E-state index contributed by atoms with van der Waals surface area (Å²) in [5, 5.41) is 2.04. The molecule has 0 N–H and O–H groups in total. The van der Waals surface area contributed by atoms with Crippen LogP contribution in [0, 0.1) is 0 Å². The van der Waals surface area contributed by atoms with E-state index in [2.05, 4.69) is 84.9 Å². The van der Waals surface area contributed by atoms with Crippen LogP contribution in [0.5, 0.6) is 0 Å². The minimum Gasteiger partial charge on any atom is -0.374 e. The van der Waals surface area contributed by atoms with E-state index in [-0.39, 0.29) is 0 Å². The Labute approximate surface area is 368 Å². The van der Waals surface area contributed by atoms with Crippen molar-refractivity contribution < 1.29 is 26.6 Å². The second-order valence-corrected chi connectivity index (χ2v) is 26.1. The number of benzene rings is 4. The highest BCUT2D eigenvalue weighted by Crippen LogP contribution is 2.54. The Hall–Kier alpha value is -1.75. The minimum atomic E-state index is -2.86. The van der Waals surface area contributed by atoms with Crippen LogP contribution in [0.25, 0.3) is 41.6 Å². The summed E-state index contributed by atoms with van der Waals surface area (Å²) < 4.78 is 39.9. The number of thiazole rings is 2. The van der Waals surface area contributed by atoms with Crippen molar-refractivity contribution in [3.8, 4) is 21.1 Å². The lowest BCUT2D eigenvalue weighted by Crippen LogP contribution is -2.46. The molecule has 0 atom stereocenters. The summed E-state index contributed by atoms with van der Waals surface area (Å²) in [6.07, 6.45) is 1.52. The van der Waals surface area contributed by atoms with Gasteiger partial charge in [0.2, 0.25) is 0 Å². The van der Waals surface area contributed by atoms with Crippen LogP contribution in [-0.4, -0.2) is 67.2 Å². The van der Waals surface area contributed by atoms with E-state index in [4.69, 9.17) is 36.5 Å². The Balaban J connectivity index is 1.28. The van der Waals surface area contributed by atoms with Crippen molar-refractivity contribution in [3.63, 3.8) is 0 Å². The quantitative estimate of drug-likeness (QED) is 0.0311. The third-order valence-corrected chi connectivity index (χ3v) is 23.4. The summed E-state index contributed by atoms with van der Waals surface area (Å²) in [5.74, 6) is 0. The highest BCUT2D eigenvalue weighted by atomic mass is 33.7. The zero-order chi connectivity index (χ0) is 40.8. The van der Waals surface area contributed by atoms with Crippen LogP contribution in [-0.2, 0) is 39.4 Å². The molecular weight excluding hydrogens is 877 g/mol. The average molecular weight is 929 g/mol. The molecule has 0 aliphatic heterocycles. The van der Waals surface area contributed by atoms with Gasteiger partial charge in [-0.05, 0) is 143 Å². The van der Waals surface area contributed by atoms with E-state index in [1.165, 1.54) is 41.4 Å². The van der Waals surface area contributed by atoms with E-state index in [0.717, 1.165) is 33.9 Å². The summed E-state index contributed by atoms with van der Waals surface area (Å²) >= 11 is 3.48. The fourth-order valence-corrected chi connectivity index (χ4v) is 20.1. The van der Waals surface area contributed by atoms with E-state index in [9.17, 15) is 0 Å². The number of aryl methyl sites for hydroxylation is 2. The van der Waals surface area contributed by atoms with Gasteiger partial charge in [-0.3, -0.25) is 0 Å². The third kappa shape index (κ3) is 11.6. The lowest BCUT2D eigenvalue weighted by atomic mass is 10.1. The van der Waals surface area contributed by atoms with Crippen molar-refractivity contribution in [2.45, 2.75) is 76.3 Å². The van der Waals surface area contributed by atoms with Crippen LogP contribution in [0.1, 0.15) is 52.7 Å². The van der Waals surface area contributed by atoms with Gasteiger partial charge in [0.15, 0.2) is 0 Å². The number of hydrogen-bond donors (Lipinski definition) is 0. The van der Waals surface area contributed by atoms with Crippen LogP contribution in [0.4, 0.5) is 0 Å². The van der Waals surface area contributed by atoms with Gasteiger partial charge in [0.1, 0.15) is 10.0 Å². The van der Waals surface area contributed by atoms with E-state index in [1.807, 2.05) is 41.5 Å². The molecule has 8 nitrogen and oxygen atoms in total. The molecule has 16 heteroatoms. The van der Waals surface area contributed by atoms with Gasteiger partial charge in [-0.15, -0.1) is 22.7 Å². The molecule has 0 spiro atoms. The first kappa shape index (κ1) is 45.8. The molecule has 0 amide bonds. The van der Waals surface area contributed by atoms with Crippen molar-refractivity contribution >= 4 is 102 Å². The smallest absolute Gasteiger partial charge is 0.374 e. The Morgan fingerprint density at radius 3 is 1.17 bits per heavy atom. The van der Waals surface area contributed by atoms with Crippen molar-refractivity contribution in [1.29, 1.82) is 0 Å². The Morgan fingerprint density at radius 1 is 0.466 bits per heavy atom. The van der Waals surface area contributed by atoms with Crippen molar-refractivity contribution in [1.82, 2.24) is 9.97 Å². The summed E-state index contributed by atoms with van der Waals surface area (Å²) in [6, 6.07) is 31.3. The fourth-order valence-electron chi connectivity index (χ4n) is 6.83. The Morgan fingerprint density at radius 2 is 0.828 bits per heavy atom. The van der Waals surface area contributed by atoms with Crippen molar-refractivity contribution in [2.75, 3.05) is 39.6 Å². The molecule has 0 radical (unpaired) electrons. The van der Waals surface area contributed by atoms with Gasteiger partial charge < -0.3 is 26.6 Å². The largest absolute Gasteiger partial charge is 0.501 e. The second kappa shape index (κ2) is 22.9. The van der Waals surface area contributed by atoms with Gasteiger partial charge in [-0.2, -0.15) is 0 Å². The lowest BCUT2D eigenvalue weighted by Gasteiger charge is -2.28. The van der Waals surface area contributed by atoms with Gasteiger partial charge >= 0.3 is 17.6 Å². The molecule has 0 bridgehead atoms. The number of rotatable bonds is 25. The SMILES string of the molecule is CCO[Si](CCc1cccc(SSSSc2cccc(CC[Si](OCC)(OCC)OCC)c2-c2nc3ccccc3s2)c1-c1nc2ccccc2s1)(OCC)OCC. The van der Waals surface area contributed by atoms with Crippen LogP contribution < -0.4 is 0 Å². The summed E-state index contributed by atoms with van der Waals surface area (Å²) in [6.45, 7) is 15.4. The van der Waals surface area contributed by atoms with Gasteiger partial charge in [0.25, 0.3) is 0 Å². The van der Waals surface area contributed by atoms with Crippen LogP contribution >= 0.6 is 63.9 Å². The van der Waals surface area contributed by atoms with E-state index in [1.54, 1.807) is 63.9 Å². The van der Waals surface area contributed by atoms with Crippen LogP contribution in [0.2, 0.25) is 12.1 Å². The summed E-state index contributed by atoms with van der Waals surface area (Å²) in [7, 11) is 1.36. The van der Waals surface area contributed by atoms with E-state index >= 15 is 0 Å². The van der Waals surface area contributed by atoms with Gasteiger partial charge in [0.05, 0.1) is 20.4 Å². The van der Waals surface area contributed by atoms with E-state index in [0.29, 0.717) is 51.7 Å². The third-order valence-electron chi connectivity index (χ3n) is 9.10. The van der Waals surface area contributed by atoms with Crippen LogP contribution in [0.15, 0.2) is 94.7 Å². The molecule has 0 saturated carbocycles. The maximum atomic E-state index is 6.25. The molecule has 0 aliphatic rings. The number of aromatic nitrogens is 2. The molecule has 310 valence electrons. The molecular formula is C42H52N2O6S6Si2. The van der Waals surface area contributed by atoms with Gasteiger partial charge in [-0.1, -0.05) is 48.5 Å². The minimum absolute atomic E-state index is 0.554. The summed E-state index contributed by atoms with van der Waals surface area (Å²) in [5.41, 5.74) is 6.80. The maximum Gasteiger partial charge on any atom is 0.501 e. The monoisotopic (exact) mass is 928 g/mol. The molecule has 2 heterocycles. The topological polar surface area (TPSA) is 81.2 Å². The molecule has 2 aromatic heterocycles.